The molecule has 5 heteroatoms. The van der Waals surface area contributed by atoms with Gasteiger partial charge in [0.1, 0.15) is 11.6 Å². The molecule has 0 saturated heterocycles. The van der Waals surface area contributed by atoms with E-state index in [0.717, 1.165) is 25.1 Å². The number of anilines is 1. The Morgan fingerprint density at radius 2 is 2.11 bits per heavy atom. The van der Waals surface area contributed by atoms with Crippen molar-refractivity contribution in [3.05, 3.63) is 11.5 Å². The van der Waals surface area contributed by atoms with E-state index < -0.39 is 5.97 Å². The molecule has 2 rings (SSSR count). The molecule has 1 saturated carbocycles. The first-order chi connectivity index (χ1) is 8.53. The van der Waals surface area contributed by atoms with Gasteiger partial charge in [0.05, 0.1) is 7.11 Å². The molecule has 0 atom stereocenters. The van der Waals surface area contributed by atoms with Gasteiger partial charge in [-0.25, -0.2) is 9.78 Å². The highest BCUT2D eigenvalue weighted by molar-refractivity contribution is 5.92. The smallest absolute Gasteiger partial charge is 0.360 e. The van der Waals surface area contributed by atoms with Crippen molar-refractivity contribution in [3.63, 3.8) is 0 Å². The molecule has 1 aliphatic carbocycles. The number of imidazole rings is 1. The molecule has 1 heterocycles. The Kier molecular flexibility index (Phi) is 3.32. The largest absolute Gasteiger partial charge is 0.464 e. The average Bonchev–Trinajstić information content (AvgIpc) is 2.93. The lowest BCUT2D eigenvalue weighted by Gasteiger charge is -2.29. The second-order valence-electron chi connectivity index (χ2n) is 5.15. The number of carbonyl (C=O) groups is 1. The van der Waals surface area contributed by atoms with E-state index in [0.29, 0.717) is 5.82 Å². The summed E-state index contributed by atoms with van der Waals surface area (Å²) < 4.78 is 6.78. The van der Waals surface area contributed by atoms with Gasteiger partial charge < -0.3 is 15.0 Å². The summed E-state index contributed by atoms with van der Waals surface area (Å²) >= 11 is 0. The van der Waals surface area contributed by atoms with Crippen LogP contribution in [0.4, 0.5) is 5.82 Å². The van der Waals surface area contributed by atoms with Crippen LogP contribution in [0.2, 0.25) is 0 Å². The van der Waals surface area contributed by atoms with Gasteiger partial charge in [-0.15, -0.1) is 0 Å². The molecule has 0 bridgehead atoms. The second kappa shape index (κ2) is 4.63. The Morgan fingerprint density at radius 3 is 2.61 bits per heavy atom. The van der Waals surface area contributed by atoms with Crippen LogP contribution in [0.1, 0.15) is 55.8 Å². The maximum atomic E-state index is 11.7. The van der Waals surface area contributed by atoms with E-state index in [2.05, 4.69) is 11.9 Å². The van der Waals surface area contributed by atoms with Gasteiger partial charge in [-0.3, -0.25) is 0 Å². The average molecular weight is 251 g/mol. The Hall–Kier alpha value is -1.52. The second-order valence-corrected chi connectivity index (χ2v) is 5.15. The maximum Gasteiger partial charge on any atom is 0.360 e. The highest BCUT2D eigenvalue weighted by Crippen LogP contribution is 2.39. The number of carbonyl (C=O) groups excluding carboxylic acids is 1. The molecule has 0 radical (unpaired) electrons. The van der Waals surface area contributed by atoms with Crippen LogP contribution in [0, 0.1) is 0 Å². The minimum absolute atomic E-state index is 0.00526. The molecule has 18 heavy (non-hydrogen) atoms. The number of esters is 1. The highest BCUT2D eigenvalue weighted by Gasteiger charge is 2.35. The molecule has 100 valence electrons. The zero-order valence-corrected chi connectivity index (χ0v) is 11.3. The van der Waals surface area contributed by atoms with Gasteiger partial charge in [0.25, 0.3) is 0 Å². The quantitative estimate of drug-likeness (QED) is 0.835. The summed E-state index contributed by atoms with van der Waals surface area (Å²) in [7, 11) is 1.35. The van der Waals surface area contributed by atoms with Crippen molar-refractivity contribution in [2.45, 2.75) is 51.5 Å². The van der Waals surface area contributed by atoms with Gasteiger partial charge in [-0.1, -0.05) is 19.8 Å². The van der Waals surface area contributed by atoms with Gasteiger partial charge in [-0.05, 0) is 19.8 Å². The molecule has 1 fully saturated rings. The van der Waals surface area contributed by atoms with Crippen LogP contribution in [-0.2, 0) is 16.7 Å². The molecule has 0 unspecified atom stereocenters. The third-order valence-electron chi connectivity index (χ3n) is 3.90. The van der Waals surface area contributed by atoms with Crippen molar-refractivity contribution in [3.8, 4) is 0 Å². The number of nitrogens with zero attached hydrogens (tertiary/aromatic N) is 2. The predicted molar refractivity (Wildman–Crippen MR) is 69.5 cm³/mol. The van der Waals surface area contributed by atoms with E-state index in [4.69, 9.17) is 10.5 Å². The van der Waals surface area contributed by atoms with E-state index in [1.807, 2.05) is 11.5 Å². The van der Waals surface area contributed by atoms with Crippen molar-refractivity contribution in [1.29, 1.82) is 0 Å². The number of aromatic nitrogens is 2. The molecule has 1 aromatic rings. The summed E-state index contributed by atoms with van der Waals surface area (Å²) in [4.78, 5) is 16.0. The first kappa shape index (κ1) is 12.9. The standard InChI is InChI=1S/C13H21N3O2/c1-4-9-15-10(12(17)18-3)11(14)16(9)13(2)7-5-6-8-13/h4-8,14H2,1-3H3. The zero-order valence-electron chi connectivity index (χ0n) is 11.3. The topological polar surface area (TPSA) is 70.1 Å². The van der Waals surface area contributed by atoms with Crippen LogP contribution >= 0.6 is 0 Å². The number of rotatable bonds is 3. The molecule has 5 nitrogen and oxygen atoms in total. The number of methoxy groups -OCH3 is 1. The fourth-order valence-corrected chi connectivity index (χ4v) is 2.93. The van der Waals surface area contributed by atoms with E-state index in [1.165, 1.54) is 20.0 Å². The summed E-state index contributed by atoms with van der Waals surface area (Å²) in [5, 5.41) is 0. The number of ether oxygens (including phenoxy) is 1. The molecule has 0 aromatic carbocycles. The lowest BCUT2D eigenvalue weighted by atomic mass is 10.00. The normalized spacial score (nSPS) is 17.9. The van der Waals surface area contributed by atoms with Crippen LogP contribution in [0.25, 0.3) is 0 Å². The molecular formula is C13H21N3O2. The zero-order chi connectivity index (χ0) is 13.3. The Labute approximate surface area is 107 Å². The molecular weight excluding hydrogens is 230 g/mol. The Morgan fingerprint density at radius 1 is 1.50 bits per heavy atom. The highest BCUT2D eigenvalue weighted by atomic mass is 16.5. The minimum Gasteiger partial charge on any atom is -0.464 e. The van der Waals surface area contributed by atoms with Gasteiger partial charge in [0.2, 0.25) is 0 Å². The number of hydrogen-bond donors (Lipinski definition) is 1. The van der Waals surface area contributed by atoms with Crippen molar-refractivity contribution < 1.29 is 9.53 Å². The van der Waals surface area contributed by atoms with Crippen LogP contribution in [0.5, 0.6) is 0 Å². The van der Waals surface area contributed by atoms with Gasteiger partial charge in [0.15, 0.2) is 5.69 Å². The molecule has 1 aromatic heterocycles. The third-order valence-corrected chi connectivity index (χ3v) is 3.90. The fourth-order valence-electron chi connectivity index (χ4n) is 2.93. The number of nitrogens with two attached hydrogens (primary N) is 1. The van der Waals surface area contributed by atoms with Crippen molar-refractivity contribution in [2.24, 2.45) is 0 Å². The lowest BCUT2D eigenvalue weighted by molar-refractivity contribution is 0.0595. The molecule has 0 amide bonds. The molecule has 0 aliphatic heterocycles. The van der Waals surface area contributed by atoms with E-state index in [1.54, 1.807) is 0 Å². The van der Waals surface area contributed by atoms with E-state index >= 15 is 0 Å². The van der Waals surface area contributed by atoms with Crippen LogP contribution in [-0.4, -0.2) is 22.6 Å². The summed E-state index contributed by atoms with van der Waals surface area (Å²) in [6, 6.07) is 0. The van der Waals surface area contributed by atoms with E-state index in [9.17, 15) is 4.79 Å². The first-order valence-corrected chi connectivity index (χ1v) is 6.49. The lowest BCUT2D eigenvalue weighted by Crippen LogP contribution is -2.29. The maximum absolute atomic E-state index is 11.7. The van der Waals surface area contributed by atoms with Gasteiger partial charge in [0, 0.05) is 12.0 Å². The van der Waals surface area contributed by atoms with Crippen molar-refractivity contribution in [1.82, 2.24) is 9.55 Å². The summed E-state index contributed by atoms with van der Waals surface area (Å²) in [5.74, 6) is 0.864. The Bertz CT molecular complexity index is 459. The van der Waals surface area contributed by atoms with Crippen LogP contribution in [0.3, 0.4) is 0 Å². The molecule has 1 aliphatic rings. The SMILES string of the molecule is CCc1nc(C(=O)OC)c(N)n1C1(C)CCCC1. The minimum atomic E-state index is -0.456. The number of hydrogen-bond acceptors (Lipinski definition) is 4. The number of aryl methyl sites for hydroxylation is 1. The Balaban J connectivity index is 2.52. The summed E-state index contributed by atoms with van der Waals surface area (Å²) in [5.41, 5.74) is 6.37. The fraction of sp³-hybridized carbons (Fsp3) is 0.692. The number of nitrogen functional groups attached to an aromatic ring is 1. The molecule has 2 N–H and O–H groups in total. The van der Waals surface area contributed by atoms with Gasteiger partial charge >= 0.3 is 5.97 Å². The third kappa shape index (κ3) is 1.87. The summed E-state index contributed by atoms with van der Waals surface area (Å²) in [6.07, 6.45) is 5.33. The predicted octanol–water partition coefficient (Wildman–Crippen LogP) is 2.10. The first-order valence-electron chi connectivity index (χ1n) is 6.49. The van der Waals surface area contributed by atoms with E-state index in [-0.39, 0.29) is 11.2 Å². The van der Waals surface area contributed by atoms with Crippen LogP contribution in [0.15, 0.2) is 0 Å². The monoisotopic (exact) mass is 251 g/mol. The van der Waals surface area contributed by atoms with Gasteiger partial charge in [-0.2, -0.15) is 0 Å². The summed E-state index contributed by atoms with van der Waals surface area (Å²) in [6.45, 7) is 4.22. The molecule has 0 spiro atoms. The van der Waals surface area contributed by atoms with Crippen molar-refractivity contribution in [2.75, 3.05) is 12.8 Å². The van der Waals surface area contributed by atoms with Crippen LogP contribution < -0.4 is 5.73 Å². The van der Waals surface area contributed by atoms with Crippen molar-refractivity contribution >= 4 is 11.8 Å².